The highest BCUT2D eigenvalue weighted by atomic mass is 16.6. The van der Waals surface area contributed by atoms with Crippen LogP contribution in [0, 0.1) is 0 Å². The Bertz CT molecular complexity index is 718. The smallest absolute Gasteiger partial charge is 0.320 e. The first-order chi connectivity index (χ1) is 13.2. The number of unbranched alkanes of at least 4 members (excludes halogenated alkanes) is 1. The zero-order chi connectivity index (χ0) is 21.1. The van der Waals surface area contributed by atoms with Gasteiger partial charge in [-0.1, -0.05) is 6.07 Å². The van der Waals surface area contributed by atoms with E-state index < -0.39 is 23.9 Å². The number of aliphatic carboxylic acids is 1. The predicted molar refractivity (Wildman–Crippen MR) is 99.9 cm³/mol. The molecule has 0 spiro atoms. The van der Waals surface area contributed by atoms with E-state index in [4.69, 9.17) is 20.3 Å². The van der Waals surface area contributed by atoms with Crippen molar-refractivity contribution in [3.8, 4) is 11.5 Å². The van der Waals surface area contributed by atoms with Crippen molar-refractivity contribution in [1.82, 2.24) is 5.32 Å². The van der Waals surface area contributed by atoms with E-state index in [1.807, 2.05) is 0 Å². The quantitative estimate of drug-likeness (QED) is 0.288. The molecule has 1 atom stereocenters. The van der Waals surface area contributed by atoms with Crippen LogP contribution in [0.2, 0.25) is 0 Å². The second kappa shape index (κ2) is 11.7. The van der Waals surface area contributed by atoms with Gasteiger partial charge in [-0.2, -0.15) is 0 Å². The lowest BCUT2D eigenvalue weighted by Gasteiger charge is -2.11. The van der Waals surface area contributed by atoms with Crippen molar-refractivity contribution < 1.29 is 33.8 Å². The van der Waals surface area contributed by atoms with Crippen molar-refractivity contribution in [2.24, 2.45) is 5.73 Å². The standard InChI is InChI=1S/C19H26N2O7/c1-12(22)27-16-8-6-14(11-17(16)28-13(2)23)7-9-18(24)21-10-4-3-5-15(20)19(25)26/h6,8,11,15H,3-5,7,9-10,20H2,1-2H3,(H,21,24)(H,25,26). The van der Waals surface area contributed by atoms with Gasteiger partial charge in [0.1, 0.15) is 6.04 Å². The maximum Gasteiger partial charge on any atom is 0.320 e. The van der Waals surface area contributed by atoms with Gasteiger partial charge in [-0.3, -0.25) is 19.2 Å². The third-order valence-electron chi connectivity index (χ3n) is 3.74. The third kappa shape index (κ3) is 9.13. The summed E-state index contributed by atoms with van der Waals surface area (Å²) in [5, 5.41) is 11.4. The van der Waals surface area contributed by atoms with Crippen molar-refractivity contribution in [2.45, 2.75) is 52.0 Å². The average molecular weight is 394 g/mol. The first-order valence-corrected chi connectivity index (χ1v) is 8.94. The van der Waals surface area contributed by atoms with Crippen LogP contribution in [-0.2, 0) is 25.6 Å². The minimum Gasteiger partial charge on any atom is -0.480 e. The van der Waals surface area contributed by atoms with Crippen LogP contribution in [-0.4, -0.2) is 41.5 Å². The highest BCUT2D eigenvalue weighted by Gasteiger charge is 2.13. The second-order valence-electron chi connectivity index (χ2n) is 6.26. The number of benzene rings is 1. The number of hydrogen-bond donors (Lipinski definition) is 3. The monoisotopic (exact) mass is 394 g/mol. The van der Waals surface area contributed by atoms with E-state index in [2.05, 4.69) is 5.32 Å². The normalized spacial score (nSPS) is 11.4. The lowest BCUT2D eigenvalue weighted by molar-refractivity contribution is -0.138. The third-order valence-corrected chi connectivity index (χ3v) is 3.74. The molecule has 1 aromatic rings. The van der Waals surface area contributed by atoms with E-state index in [0.717, 1.165) is 5.56 Å². The van der Waals surface area contributed by atoms with E-state index in [0.29, 0.717) is 32.2 Å². The molecule has 0 aliphatic heterocycles. The Labute approximate surface area is 163 Å². The maximum atomic E-state index is 11.9. The van der Waals surface area contributed by atoms with Crippen LogP contribution in [0.5, 0.6) is 11.5 Å². The minimum absolute atomic E-state index is 0.121. The van der Waals surface area contributed by atoms with Gasteiger partial charge in [-0.15, -0.1) is 0 Å². The van der Waals surface area contributed by atoms with Gasteiger partial charge in [-0.05, 0) is 43.4 Å². The van der Waals surface area contributed by atoms with Crippen molar-refractivity contribution >= 4 is 23.8 Å². The average Bonchev–Trinajstić information content (AvgIpc) is 2.60. The van der Waals surface area contributed by atoms with Gasteiger partial charge in [0.15, 0.2) is 11.5 Å². The molecular weight excluding hydrogens is 368 g/mol. The topological polar surface area (TPSA) is 145 Å². The Kier molecular flexibility index (Phi) is 9.66. The molecule has 28 heavy (non-hydrogen) atoms. The van der Waals surface area contributed by atoms with Crippen molar-refractivity contribution in [1.29, 1.82) is 0 Å². The summed E-state index contributed by atoms with van der Waals surface area (Å²) >= 11 is 0. The Morgan fingerprint density at radius 1 is 1.07 bits per heavy atom. The van der Waals surface area contributed by atoms with Crippen LogP contribution in [0.25, 0.3) is 0 Å². The number of ether oxygens (including phenoxy) is 2. The number of carbonyl (C=O) groups excluding carboxylic acids is 3. The zero-order valence-corrected chi connectivity index (χ0v) is 16.0. The number of aryl methyl sites for hydroxylation is 1. The highest BCUT2D eigenvalue weighted by molar-refractivity contribution is 5.76. The molecule has 4 N–H and O–H groups in total. The van der Waals surface area contributed by atoms with Crippen LogP contribution in [0.4, 0.5) is 0 Å². The Morgan fingerprint density at radius 2 is 1.71 bits per heavy atom. The molecule has 9 heteroatoms. The number of carboxylic acid groups (broad SMARTS) is 1. The van der Waals surface area contributed by atoms with E-state index in [9.17, 15) is 19.2 Å². The summed E-state index contributed by atoms with van der Waals surface area (Å²) < 4.78 is 10.0. The van der Waals surface area contributed by atoms with Crippen LogP contribution in [0.3, 0.4) is 0 Å². The van der Waals surface area contributed by atoms with Crippen LogP contribution in [0.1, 0.15) is 45.1 Å². The summed E-state index contributed by atoms with van der Waals surface area (Å²) in [4.78, 5) is 44.8. The molecule has 9 nitrogen and oxygen atoms in total. The molecule has 0 aromatic heterocycles. The molecule has 0 saturated carbocycles. The summed E-state index contributed by atoms with van der Waals surface area (Å²) in [6.45, 7) is 2.92. The summed E-state index contributed by atoms with van der Waals surface area (Å²) in [6, 6.07) is 3.88. The molecule has 0 aliphatic rings. The number of nitrogens with one attached hydrogen (secondary N) is 1. The van der Waals surface area contributed by atoms with Gasteiger partial charge in [0.25, 0.3) is 0 Å². The molecule has 0 bridgehead atoms. The van der Waals surface area contributed by atoms with Crippen molar-refractivity contribution in [3.05, 3.63) is 23.8 Å². The van der Waals surface area contributed by atoms with E-state index in [1.54, 1.807) is 12.1 Å². The maximum absolute atomic E-state index is 11.9. The van der Waals surface area contributed by atoms with Crippen molar-refractivity contribution in [2.75, 3.05) is 6.54 Å². The van der Waals surface area contributed by atoms with E-state index in [1.165, 1.54) is 19.9 Å². The molecule has 1 aromatic carbocycles. The van der Waals surface area contributed by atoms with Gasteiger partial charge < -0.3 is 25.6 Å². The highest BCUT2D eigenvalue weighted by Crippen LogP contribution is 2.29. The first-order valence-electron chi connectivity index (χ1n) is 8.94. The minimum atomic E-state index is -1.03. The zero-order valence-electron chi connectivity index (χ0n) is 16.0. The summed E-state index contributed by atoms with van der Waals surface area (Å²) in [5.41, 5.74) is 6.15. The van der Waals surface area contributed by atoms with Crippen molar-refractivity contribution in [3.63, 3.8) is 0 Å². The van der Waals surface area contributed by atoms with Gasteiger partial charge >= 0.3 is 17.9 Å². The molecule has 0 fully saturated rings. The fraction of sp³-hybridized carbons (Fsp3) is 0.474. The van der Waals surface area contributed by atoms with Crippen LogP contribution < -0.4 is 20.5 Å². The molecule has 0 heterocycles. The van der Waals surface area contributed by atoms with Gasteiger partial charge in [-0.25, -0.2) is 0 Å². The molecule has 1 unspecified atom stereocenters. The molecule has 0 radical (unpaired) electrons. The molecule has 0 aliphatic carbocycles. The Morgan fingerprint density at radius 3 is 2.32 bits per heavy atom. The molecule has 0 saturated heterocycles. The fourth-order valence-electron chi connectivity index (χ4n) is 2.37. The number of hydrogen-bond acceptors (Lipinski definition) is 7. The molecule has 154 valence electrons. The number of carbonyl (C=O) groups is 4. The molecular formula is C19H26N2O7. The first kappa shape index (κ1) is 23.1. The summed E-state index contributed by atoms with van der Waals surface area (Å²) in [6.07, 6.45) is 2.24. The number of nitrogens with two attached hydrogens (primary N) is 1. The lowest BCUT2D eigenvalue weighted by Crippen LogP contribution is -2.30. The van der Waals surface area contributed by atoms with Crippen LogP contribution >= 0.6 is 0 Å². The van der Waals surface area contributed by atoms with E-state index in [-0.39, 0.29) is 23.8 Å². The Hall–Kier alpha value is -2.94. The number of esters is 2. The van der Waals surface area contributed by atoms with Gasteiger partial charge in [0, 0.05) is 26.8 Å². The Balaban J connectivity index is 2.46. The summed E-state index contributed by atoms with van der Waals surface area (Å²) in [7, 11) is 0. The second-order valence-corrected chi connectivity index (χ2v) is 6.26. The number of carboxylic acids is 1. The summed E-state index contributed by atoms with van der Waals surface area (Å²) in [5.74, 6) is -2.01. The predicted octanol–water partition coefficient (Wildman–Crippen LogP) is 1.17. The van der Waals surface area contributed by atoms with Gasteiger partial charge in [0.05, 0.1) is 0 Å². The van der Waals surface area contributed by atoms with Crippen LogP contribution in [0.15, 0.2) is 18.2 Å². The molecule has 1 amide bonds. The SMILES string of the molecule is CC(=O)Oc1ccc(CCC(=O)NCCCCC(N)C(=O)O)cc1OC(C)=O. The number of amides is 1. The number of rotatable bonds is 11. The largest absolute Gasteiger partial charge is 0.480 e. The van der Waals surface area contributed by atoms with E-state index >= 15 is 0 Å². The lowest BCUT2D eigenvalue weighted by atomic mass is 10.1. The van der Waals surface area contributed by atoms with Gasteiger partial charge in [0.2, 0.25) is 5.91 Å². The fourth-order valence-corrected chi connectivity index (χ4v) is 2.37. The molecule has 1 rings (SSSR count).